The van der Waals surface area contributed by atoms with E-state index in [2.05, 4.69) is 11.8 Å². The van der Waals surface area contributed by atoms with Crippen molar-refractivity contribution in [3.63, 3.8) is 0 Å². The zero-order chi connectivity index (χ0) is 18.7. The number of nitrogens with zero attached hydrogens (tertiary/aromatic N) is 3. The lowest BCUT2D eigenvalue weighted by molar-refractivity contribution is 0.491. The van der Waals surface area contributed by atoms with Gasteiger partial charge in [-0.25, -0.2) is 4.79 Å². The molecule has 1 fully saturated rings. The minimum atomic E-state index is -0.362. The van der Waals surface area contributed by atoms with Gasteiger partial charge in [0, 0.05) is 30.1 Å². The van der Waals surface area contributed by atoms with E-state index in [1.807, 2.05) is 11.0 Å². The van der Waals surface area contributed by atoms with Crippen molar-refractivity contribution in [2.24, 2.45) is 5.73 Å². The number of rotatable bonds is 4. The van der Waals surface area contributed by atoms with Gasteiger partial charge in [0.1, 0.15) is 5.82 Å². The van der Waals surface area contributed by atoms with Gasteiger partial charge in [0.25, 0.3) is 5.56 Å². The van der Waals surface area contributed by atoms with Crippen LogP contribution in [0.15, 0.2) is 27.8 Å². The van der Waals surface area contributed by atoms with Gasteiger partial charge >= 0.3 is 5.69 Å². The quantitative estimate of drug-likeness (QED) is 0.804. The maximum absolute atomic E-state index is 13.0. The van der Waals surface area contributed by atoms with Crippen LogP contribution < -0.4 is 21.9 Å². The van der Waals surface area contributed by atoms with E-state index in [0.717, 1.165) is 24.3 Å². The zero-order valence-electron chi connectivity index (χ0n) is 14.6. The summed E-state index contributed by atoms with van der Waals surface area (Å²) in [4.78, 5) is 28.5. The van der Waals surface area contributed by atoms with Gasteiger partial charge in [-0.05, 0) is 31.9 Å². The molecule has 138 valence electrons. The molecule has 0 bridgehead atoms. The van der Waals surface area contributed by atoms with Crippen LogP contribution in [-0.4, -0.2) is 28.3 Å². The minimum absolute atomic E-state index is 0.0419. The van der Waals surface area contributed by atoms with Gasteiger partial charge in [-0.1, -0.05) is 17.5 Å². The number of hydrogen-bond donors (Lipinski definition) is 1. The molecule has 0 unspecified atom stereocenters. The molecule has 1 atom stereocenters. The summed E-state index contributed by atoms with van der Waals surface area (Å²) in [5.41, 5.74) is 5.38. The summed E-state index contributed by atoms with van der Waals surface area (Å²) in [7, 11) is 0. The molecule has 0 amide bonds. The second-order valence-corrected chi connectivity index (χ2v) is 8.08. The molecular weight excluding hydrogens is 372 g/mol. The average molecular weight is 393 g/mol. The fraction of sp³-hybridized carbons (Fsp3) is 0.444. The van der Waals surface area contributed by atoms with E-state index < -0.39 is 0 Å². The highest BCUT2D eigenvalue weighted by molar-refractivity contribution is 7.16. The topological polar surface area (TPSA) is 73.3 Å². The van der Waals surface area contributed by atoms with Crippen LogP contribution in [0.3, 0.4) is 0 Å². The highest BCUT2D eigenvalue weighted by atomic mass is 35.5. The number of halogens is 1. The fourth-order valence-corrected chi connectivity index (χ4v) is 4.21. The molecule has 3 heterocycles. The lowest BCUT2D eigenvalue weighted by Crippen LogP contribution is -2.48. The molecule has 0 spiro atoms. The molecule has 6 nitrogen and oxygen atoms in total. The summed E-state index contributed by atoms with van der Waals surface area (Å²) < 4.78 is 3.42. The Labute approximate surface area is 160 Å². The van der Waals surface area contributed by atoms with Gasteiger partial charge in [-0.2, -0.15) is 0 Å². The normalized spacial score (nSPS) is 17.0. The van der Waals surface area contributed by atoms with E-state index in [1.54, 1.807) is 17.6 Å². The molecule has 1 aliphatic heterocycles. The van der Waals surface area contributed by atoms with Crippen molar-refractivity contribution in [2.75, 3.05) is 18.0 Å². The van der Waals surface area contributed by atoms with Gasteiger partial charge in [0.2, 0.25) is 0 Å². The SMILES string of the molecule is CC#CCn1c(N2CCC[C@@H](N)C2)cc(=O)n(Cc2ccc(Cl)s2)c1=O. The number of aromatic nitrogens is 2. The third-order valence-corrected chi connectivity index (χ3v) is 5.61. The molecule has 2 aromatic heterocycles. The van der Waals surface area contributed by atoms with E-state index in [1.165, 1.54) is 22.0 Å². The second kappa shape index (κ2) is 8.12. The highest BCUT2D eigenvalue weighted by Gasteiger charge is 2.22. The van der Waals surface area contributed by atoms with Gasteiger partial charge in [0.15, 0.2) is 0 Å². The molecule has 26 heavy (non-hydrogen) atoms. The maximum Gasteiger partial charge on any atom is 0.333 e. The monoisotopic (exact) mass is 392 g/mol. The van der Waals surface area contributed by atoms with Crippen molar-refractivity contribution in [1.82, 2.24) is 9.13 Å². The Morgan fingerprint density at radius 1 is 1.35 bits per heavy atom. The third kappa shape index (κ3) is 4.04. The molecular formula is C18H21ClN4O2S. The Morgan fingerprint density at radius 3 is 2.81 bits per heavy atom. The fourth-order valence-electron chi connectivity index (χ4n) is 3.13. The third-order valence-electron chi connectivity index (χ3n) is 4.40. The van der Waals surface area contributed by atoms with E-state index in [4.69, 9.17) is 17.3 Å². The highest BCUT2D eigenvalue weighted by Crippen LogP contribution is 2.22. The lowest BCUT2D eigenvalue weighted by atomic mass is 10.1. The van der Waals surface area contributed by atoms with Crippen LogP contribution in [0, 0.1) is 11.8 Å². The molecule has 2 aromatic rings. The van der Waals surface area contributed by atoms with Crippen molar-refractivity contribution < 1.29 is 0 Å². The van der Waals surface area contributed by atoms with Crippen LogP contribution in [0.1, 0.15) is 24.6 Å². The van der Waals surface area contributed by atoms with Crippen LogP contribution in [0.4, 0.5) is 5.82 Å². The summed E-state index contributed by atoms with van der Waals surface area (Å²) in [5, 5.41) is 0. The molecule has 0 aliphatic carbocycles. The Hall–Kier alpha value is -2.01. The number of nitrogens with two attached hydrogens (primary N) is 1. The molecule has 2 N–H and O–H groups in total. The predicted molar refractivity (Wildman–Crippen MR) is 106 cm³/mol. The Morgan fingerprint density at radius 2 is 2.15 bits per heavy atom. The van der Waals surface area contributed by atoms with E-state index >= 15 is 0 Å². The minimum Gasteiger partial charge on any atom is -0.356 e. The van der Waals surface area contributed by atoms with Crippen molar-refractivity contribution in [3.8, 4) is 11.8 Å². The van der Waals surface area contributed by atoms with Gasteiger partial charge in [-0.3, -0.25) is 13.9 Å². The largest absolute Gasteiger partial charge is 0.356 e. The van der Waals surface area contributed by atoms with Crippen LogP contribution in [-0.2, 0) is 13.1 Å². The zero-order valence-corrected chi connectivity index (χ0v) is 16.1. The first-order chi connectivity index (χ1) is 12.5. The number of piperidine rings is 1. The van der Waals surface area contributed by atoms with E-state index in [9.17, 15) is 9.59 Å². The van der Waals surface area contributed by atoms with Gasteiger partial charge in [-0.15, -0.1) is 17.3 Å². The van der Waals surface area contributed by atoms with E-state index in [0.29, 0.717) is 16.7 Å². The number of anilines is 1. The smallest absolute Gasteiger partial charge is 0.333 e. The first-order valence-corrected chi connectivity index (χ1v) is 9.68. The Kier molecular flexibility index (Phi) is 5.87. The summed E-state index contributed by atoms with van der Waals surface area (Å²) in [6, 6.07) is 5.15. The molecule has 1 aliphatic rings. The van der Waals surface area contributed by atoms with Gasteiger partial charge in [0.05, 0.1) is 17.4 Å². The van der Waals surface area contributed by atoms with E-state index in [-0.39, 0.29) is 30.4 Å². The first-order valence-electron chi connectivity index (χ1n) is 8.48. The molecule has 0 radical (unpaired) electrons. The second-order valence-electron chi connectivity index (χ2n) is 6.28. The lowest BCUT2D eigenvalue weighted by Gasteiger charge is -2.33. The van der Waals surface area contributed by atoms with Crippen LogP contribution in [0.5, 0.6) is 0 Å². The Bertz CT molecular complexity index is 966. The van der Waals surface area contributed by atoms with Crippen LogP contribution >= 0.6 is 22.9 Å². The predicted octanol–water partition coefficient (Wildman–Crippen LogP) is 1.72. The molecule has 8 heteroatoms. The van der Waals surface area contributed by atoms with Crippen molar-refractivity contribution in [1.29, 1.82) is 0 Å². The first kappa shape index (κ1) is 18.8. The van der Waals surface area contributed by atoms with Gasteiger partial charge < -0.3 is 10.6 Å². The standard InChI is InChI=1S/C18H21ClN4O2S/c1-2-3-9-22-16(21-8-4-5-13(20)11-21)10-17(24)23(18(22)25)12-14-6-7-15(19)26-14/h6-7,10,13H,4-5,8-9,11-12,20H2,1H3/t13-/m1/s1. The molecule has 0 saturated carbocycles. The van der Waals surface area contributed by atoms with Crippen LogP contribution in [0.25, 0.3) is 0 Å². The van der Waals surface area contributed by atoms with Crippen LogP contribution in [0.2, 0.25) is 4.34 Å². The summed E-state index contributed by atoms with van der Waals surface area (Å²) in [5.74, 6) is 6.34. The van der Waals surface area contributed by atoms with Crippen molar-refractivity contribution >= 4 is 28.8 Å². The van der Waals surface area contributed by atoms with Crippen molar-refractivity contribution in [3.05, 3.63) is 48.3 Å². The maximum atomic E-state index is 13.0. The summed E-state index contributed by atoms with van der Waals surface area (Å²) in [6.45, 7) is 3.57. The average Bonchev–Trinajstić information content (AvgIpc) is 3.02. The molecule has 1 saturated heterocycles. The Balaban J connectivity index is 2.06. The molecule has 0 aromatic carbocycles. The summed E-state index contributed by atoms with van der Waals surface area (Å²) >= 11 is 7.32. The molecule has 3 rings (SSSR count). The van der Waals surface area contributed by atoms with Crippen molar-refractivity contribution in [2.45, 2.75) is 38.9 Å². The summed E-state index contributed by atoms with van der Waals surface area (Å²) in [6.07, 6.45) is 1.89. The number of hydrogen-bond acceptors (Lipinski definition) is 5. The number of thiophene rings is 1.